The monoisotopic (exact) mass is 300 g/mol. The Morgan fingerprint density at radius 2 is 1.95 bits per heavy atom. The summed E-state index contributed by atoms with van der Waals surface area (Å²) in [5.41, 5.74) is 6.64. The minimum atomic E-state index is 0.685. The summed E-state index contributed by atoms with van der Waals surface area (Å²) in [6.07, 6.45) is 0. The van der Waals surface area contributed by atoms with E-state index < -0.39 is 0 Å². The first-order chi connectivity index (χ1) is 10.8. The molecule has 0 radical (unpaired) electrons. The molecule has 0 amide bonds. The van der Waals surface area contributed by atoms with Gasteiger partial charge in [-0.05, 0) is 37.3 Å². The highest BCUT2D eigenvalue weighted by molar-refractivity contribution is 5.81. The fraction of sp³-hybridized carbons (Fsp3) is 0.471. The van der Waals surface area contributed by atoms with Gasteiger partial charge in [0.15, 0.2) is 0 Å². The Labute approximate surface area is 131 Å². The van der Waals surface area contributed by atoms with E-state index in [9.17, 15) is 0 Å². The highest BCUT2D eigenvalue weighted by atomic mass is 16.5. The van der Waals surface area contributed by atoms with Crippen molar-refractivity contribution < 1.29 is 4.74 Å². The van der Waals surface area contributed by atoms with E-state index in [0.29, 0.717) is 6.61 Å². The van der Waals surface area contributed by atoms with Gasteiger partial charge in [0.05, 0.1) is 12.1 Å². The van der Waals surface area contributed by atoms with Crippen LogP contribution in [0, 0.1) is 0 Å². The van der Waals surface area contributed by atoms with Gasteiger partial charge in [-0.2, -0.15) is 0 Å². The first-order valence-electron chi connectivity index (χ1n) is 8.01. The molecule has 118 valence electrons. The molecule has 1 aromatic heterocycles. The second kappa shape index (κ2) is 6.94. The normalized spacial score (nSPS) is 16.2. The highest BCUT2D eigenvalue weighted by Crippen LogP contribution is 2.23. The number of fused-ring (bicyclic) bond motifs is 1. The zero-order chi connectivity index (χ0) is 15.4. The molecule has 0 bridgehead atoms. The zero-order valence-electron chi connectivity index (χ0n) is 13.2. The fourth-order valence-electron chi connectivity index (χ4n) is 2.91. The van der Waals surface area contributed by atoms with E-state index in [0.717, 1.165) is 61.7 Å². The molecule has 0 unspecified atom stereocenters. The predicted octanol–water partition coefficient (Wildman–Crippen LogP) is 1.71. The molecular formula is C17H24N4O. The molecule has 2 N–H and O–H groups in total. The van der Waals surface area contributed by atoms with Crippen molar-refractivity contribution in [3.8, 4) is 5.75 Å². The van der Waals surface area contributed by atoms with E-state index in [2.05, 4.69) is 28.0 Å². The quantitative estimate of drug-likeness (QED) is 0.911. The van der Waals surface area contributed by atoms with E-state index in [-0.39, 0.29) is 0 Å². The van der Waals surface area contributed by atoms with Crippen molar-refractivity contribution in [2.75, 3.05) is 50.8 Å². The average Bonchev–Trinajstić information content (AvgIpc) is 2.56. The third kappa shape index (κ3) is 3.31. The lowest BCUT2D eigenvalue weighted by Crippen LogP contribution is -2.48. The van der Waals surface area contributed by atoms with Crippen molar-refractivity contribution in [2.24, 2.45) is 5.73 Å². The van der Waals surface area contributed by atoms with Gasteiger partial charge in [-0.25, -0.2) is 4.98 Å². The van der Waals surface area contributed by atoms with Crippen LogP contribution in [-0.4, -0.2) is 55.8 Å². The van der Waals surface area contributed by atoms with Gasteiger partial charge in [-0.15, -0.1) is 0 Å². The number of anilines is 1. The summed E-state index contributed by atoms with van der Waals surface area (Å²) >= 11 is 0. The smallest absolute Gasteiger partial charge is 0.129 e. The van der Waals surface area contributed by atoms with Crippen LogP contribution < -0.4 is 15.4 Å². The molecule has 0 atom stereocenters. The lowest BCUT2D eigenvalue weighted by Gasteiger charge is -2.35. The standard InChI is InChI=1S/C17H24N4O/c1-2-22-15-4-5-16-14(13-15)3-6-17(19-16)21-11-9-20(8-7-18)10-12-21/h3-6,13H,2,7-12,18H2,1H3. The summed E-state index contributed by atoms with van der Waals surface area (Å²) in [6.45, 7) is 8.53. The average molecular weight is 300 g/mol. The Morgan fingerprint density at radius 3 is 2.68 bits per heavy atom. The van der Waals surface area contributed by atoms with Gasteiger partial charge in [-0.3, -0.25) is 4.90 Å². The van der Waals surface area contributed by atoms with Gasteiger partial charge in [0.1, 0.15) is 11.6 Å². The van der Waals surface area contributed by atoms with Crippen LogP contribution >= 0.6 is 0 Å². The molecule has 1 aromatic carbocycles. The van der Waals surface area contributed by atoms with Crippen LogP contribution in [0.4, 0.5) is 5.82 Å². The molecule has 0 saturated carbocycles. The third-order valence-corrected chi connectivity index (χ3v) is 4.10. The molecule has 0 aliphatic carbocycles. The number of ether oxygens (including phenoxy) is 1. The van der Waals surface area contributed by atoms with E-state index in [1.54, 1.807) is 0 Å². The van der Waals surface area contributed by atoms with E-state index >= 15 is 0 Å². The molecular weight excluding hydrogens is 276 g/mol. The van der Waals surface area contributed by atoms with Gasteiger partial charge >= 0.3 is 0 Å². The summed E-state index contributed by atoms with van der Waals surface area (Å²) in [5, 5.41) is 1.12. The van der Waals surface area contributed by atoms with Crippen LogP contribution in [0.2, 0.25) is 0 Å². The number of nitrogens with zero attached hydrogens (tertiary/aromatic N) is 3. The number of nitrogens with two attached hydrogens (primary N) is 1. The van der Waals surface area contributed by atoms with Gasteiger partial charge in [-0.1, -0.05) is 0 Å². The maximum atomic E-state index is 5.62. The summed E-state index contributed by atoms with van der Waals surface area (Å²) < 4.78 is 5.54. The van der Waals surface area contributed by atoms with Gasteiger partial charge in [0.2, 0.25) is 0 Å². The van der Waals surface area contributed by atoms with Crippen LogP contribution in [-0.2, 0) is 0 Å². The molecule has 2 aromatic rings. The predicted molar refractivity (Wildman–Crippen MR) is 90.6 cm³/mol. The first-order valence-corrected chi connectivity index (χ1v) is 8.01. The number of benzene rings is 1. The summed E-state index contributed by atoms with van der Waals surface area (Å²) in [7, 11) is 0. The van der Waals surface area contributed by atoms with Gasteiger partial charge in [0.25, 0.3) is 0 Å². The van der Waals surface area contributed by atoms with Crippen LogP contribution in [0.5, 0.6) is 5.75 Å². The zero-order valence-corrected chi connectivity index (χ0v) is 13.2. The minimum absolute atomic E-state index is 0.685. The summed E-state index contributed by atoms with van der Waals surface area (Å²) in [4.78, 5) is 9.56. The van der Waals surface area contributed by atoms with Crippen LogP contribution in [0.3, 0.4) is 0 Å². The molecule has 0 spiro atoms. The molecule has 2 heterocycles. The van der Waals surface area contributed by atoms with Crippen molar-refractivity contribution in [3.05, 3.63) is 30.3 Å². The largest absolute Gasteiger partial charge is 0.494 e. The minimum Gasteiger partial charge on any atom is -0.494 e. The molecule has 5 nitrogen and oxygen atoms in total. The molecule has 5 heteroatoms. The topological polar surface area (TPSA) is 54.6 Å². The van der Waals surface area contributed by atoms with Gasteiger partial charge < -0.3 is 15.4 Å². The Balaban J connectivity index is 1.74. The molecule has 3 rings (SSSR count). The Bertz CT molecular complexity index is 623. The molecule has 1 aliphatic heterocycles. The van der Waals surface area contributed by atoms with Gasteiger partial charge in [0, 0.05) is 44.7 Å². The third-order valence-electron chi connectivity index (χ3n) is 4.10. The van der Waals surface area contributed by atoms with Crippen LogP contribution in [0.1, 0.15) is 6.92 Å². The number of hydrogen-bond acceptors (Lipinski definition) is 5. The van der Waals surface area contributed by atoms with Crippen LogP contribution in [0.15, 0.2) is 30.3 Å². The van der Waals surface area contributed by atoms with Crippen molar-refractivity contribution >= 4 is 16.7 Å². The van der Waals surface area contributed by atoms with E-state index in [1.165, 1.54) is 0 Å². The summed E-state index contributed by atoms with van der Waals surface area (Å²) in [5.74, 6) is 1.96. The van der Waals surface area contributed by atoms with Crippen molar-refractivity contribution in [2.45, 2.75) is 6.92 Å². The number of pyridine rings is 1. The highest BCUT2D eigenvalue weighted by Gasteiger charge is 2.17. The number of hydrogen-bond donors (Lipinski definition) is 1. The lowest BCUT2D eigenvalue weighted by atomic mass is 10.2. The second-order valence-corrected chi connectivity index (χ2v) is 5.57. The molecule has 22 heavy (non-hydrogen) atoms. The number of rotatable bonds is 5. The van der Waals surface area contributed by atoms with Crippen molar-refractivity contribution in [3.63, 3.8) is 0 Å². The molecule has 1 saturated heterocycles. The second-order valence-electron chi connectivity index (χ2n) is 5.57. The van der Waals surface area contributed by atoms with Crippen LogP contribution in [0.25, 0.3) is 10.9 Å². The maximum absolute atomic E-state index is 5.62. The Morgan fingerprint density at radius 1 is 1.14 bits per heavy atom. The van der Waals surface area contributed by atoms with E-state index in [4.69, 9.17) is 15.5 Å². The Kier molecular flexibility index (Phi) is 4.75. The number of piperazine rings is 1. The fourth-order valence-corrected chi connectivity index (χ4v) is 2.91. The maximum Gasteiger partial charge on any atom is 0.129 e. The molecule has 1 aliphatic rings. The van der Waals surface area contributed by atoms with Crippen molar-refractivity contribution in [1.29, 1.82) is 0 Å². The summed E-state index contributed by atoms with van der Waals surface area (Å²) in [6, 6.07) is 10.3. The SMILES string of the molecule is CCOc1ccc2nc(N3CCN(CCN)CC3)ccc2c1. The van der Waals surface area contributed by atoms with E-state index in [1.807, 2.05) is 19.1 Å². The lowest BCUT2D eigenvalue weighted by molar-refractivity contribution is 0.264. The number of aromatic nitrogens is 1. The Hall–Kier alpha value is -1.85. The van der Waals surface area contributed by atoms with Crippen molar-refractivity contribution in [1.82, 2.24) is 9.88 Å². The molecule has 1 fully saturated rings. The first kappa shape index (κ1) is 15.1.